The van der Waals surface area contributed by atoms with Gasteiger partial charge in [-0.1, -0.05) is 0 Å². The summed E-state index contributed by atoms with van der Waals surface area (Å²) >= 11 is -5.00. The Bertz CT molecular complexity index is 201. The van der Waals surface area contributed by atoms with Crippen molar-refractivity contribution in [2.45, 2.75) is 12.2 Å². The Labute approximate surface area is 136 Å². The van der Waals surface area contributed by atoms with Gasteiger partial charge in [0.05, 0.1) is 0 Å². The van der Waals surface area contributed by atoms with E-state index in [0.29, 0.717) is 0 Å². The number of hydrogen-bond acceptors (Lipinski definition) is 8. The van der Waals surface area contributed by atoms with Crippen molar-refractivity contribution >= 4 is 63.3 Å². The maximum atomic E-state index is 9.77. The number of carboxylic acid groups (broad SMARTS) is 2. The summed E-state index contributed by atoms with van der Waals surface area (Å²) in [6.07, 6.45) is -4.53. The van der Waals surface area contributed by atoms with Gasteiger partial charge in [-0.15, -0.1) is 0 Å². The number of rotatable bonds is 3. The fraction of sp³-hybridized carbons (Fsp3) is 0.500. The van der Waals surface area contributed by atoms with Gasteiger partial charge in [0.1, 0.15) is 0 Å². The van der Waals surface area contributed by atoms with Gasteiger partial charge >= 0.3 is 96.2 Å². The molecule has 0 aliphatic carbocycles. The number of aliphatic hydroxyl groups is 2. The molecule has 0 aromatic rings. The maximum absolute atomic E-state index is 9.77. The Balaban J connectivity index is -0.000000242. The third-order valence-electron chi connectivity index (χ3n) is 0.805. The topological polar surface area (TPSA) is 196 Å². The number of hydrogen-bond donors (Lipinski definition) is 8. The molecule has 0 saturated carbocycles. The van der Waals surface area contributed by atoms with Gasteiger partial charge in [-0.3, -0.25) is 0 Å². The zero-order chi connectivity index (χ0) is 12.8. The molecule has 0 aromatic carbocycles. The Morgan fingerprint density at radius 1 is 0.812 bits per heavy atom. The summed E-state index contributed by atoms with van der Waals surface area (Å²) in [6.45, 7) is 0. The Kier molecular flexibility index (Phi) is 13.9. The first kappa shape index (κ1) is 22.3. The van der Waals surface area contributed by atoms with E-state index in [1.165, 1.54) is 0 Å². The van der Waals surface area contributed by atoms with Crippen molar-refractivity contribution in [3.8, 4) is 0 Å². The average Bonchev–Trinajstić information content (AvgIpc) is 1.98. The van der Waals surface area contributed by atoms with Crippen LogP contribution in [0.1, 0.15) is 0 Å². The number of carboxylic acids is 2. The van der Waals surface area contributed by atoms with Crippen LogP contribution >= 0.6 is 0 Å². The zero-order valence-electron chi connectivity index (χ0n) is 7.05. The molecule has 16 heavy (non-hydrogen) atoms. The molecule has 0 aliphatic heterocycles. The molecule has 0 aromatic heterocycles. The van der Waals surface area contributed by atoms with Gasteiger partial charge in [0.2, 0.25) is 0 Å². The van der Waals surface area contributed by atoms with Crippen LogP contribution in [0.25, 0.3) is 0 Å². The third-order valence-corrected chi connectivity index (χ3v) is 0.805. The monoisotopic (exact) mass is 306 g/mol. The predicted octanol–water partition coefficient (Wildman–Crippen LogP) is -5.00. The van der Waals surface area contributed by atoms with Gasteiger partial charge in [0, 0.05) is 0 Å². The van der Waals surface area contributed by atoms with E-state index >= 15 is 0 Å². The molecule has 0 rings (SSSR count). The molecular weight excluding hydrogens is 295 g/mol. The molecule has 92 valence electrons. The number of aliphatic carboxylic acids is 2. The van der Waals surface area contributed by atoms with Crippen molar-refractivity contribution in [1.29, 1.82) is 0 Å². The second-order valence-electron chi connectivity index (χ2n) is 2.17. The number of aliphatic hydroxyl groups excluding tert-OH is 2. The second kappa shape index (κ2) is 10.0. The first-order valence-corrected chi connectivity index (χ1v) is 5.97. The normalized spacial score (nSPS) is 13.6. The third kappa shape index (κ3) is 17.4. The number of carbonyl (C=O) groups is 2. The summed E-state index contributed by atoms with van der Waals surface area (Å²) in [4.78, 5) is 19.5. The van der Waals surface area contributed by atoms with E-state index in [4.69, 9.17) is 35.2 Å². The molecule has 2 atom stereocenters. The molecule has 0 fully saturated rings. The fourth-order valence-corrected chi connectivity index (χ4v) is 0.270. The van der Waals surface area contributed by atoms with Crippen molar-refractivity contribution in [1.82, 2.24) is 0 Å². The van der Waals surface area contributed by atoms with E-state index in [2.05, 4.69) is 0 Å². The van der Waals surface area contributed by atoms with Gasteiger partial charge in [-0.25, -0.2) is 9.59 Å². The van der Waals surface area contributed by atoms with Gasteiger partial charge in [0.15, 0.2) is 12.2 Å². The molecule has 0 spiro atoms. The summed E-state index contributed by atoms with van der Waals surface area (Å²) in [6, 6.07) is 0. The van der Waals surface area contributed by atoms with E-state index in [1.54, 1.807) is 0 Å². The van der Waals surface area contributed by atoms with Crippen LogP contribution < -0.4 is 0 Å². The van der Waals surface area contributed by atoms with E-state index in [1.807, 2.05) is 0 Å². The van der Waals surface area contributed by atoms with E-state index < -0.39 is 42.3 Å². The van der Waals surface area contributed by atoms with Gasteiger partial charge in [-0.05, 0) is 0 Å². The Morgan fingerprint density at radius 3 is 1.00 bits per heavy atom. The molecule has 0 amide bonds. The quantitative estimate of drug-likeness (QED) is 0.234. The zero-order valence-corrected chi connectivity index (χ0v) is 8.61. The van der Waals surface area contributed by atoms with Gasteiger partial charge < -0.3 is 20.4 Å². The van der Waals surface area contributed by atoms with E-state index in [9.17, 15) is 9.59 Å². The average molecular weight is 306 g/mol. The van der Waals surface area contributed by atoms with E-state index in [0.717, 1.165) is 0 Å². The molecule has 10 nitrogen and oxygen atoms in total. The molecule has 0 bridgehead atoms. The first-order valence-electron chi connectivity index (χ1n) is 3.18. The van der Waals surface area contributed by atoms with Crippen LogP contribution in [-0.4, -0.2) is 111 Å². The van der Waals surface area contributed by atoms with Crippen molar-refractivity contribution in [3.63, 3.8) is 0 Å². The van der Waals surface area contributed by atoms with Gasteiger partial charge in [-0.2, -0.15) is 0 Å². The summed E-state index contributed by atoms with van der Waals surface area (Å²) in [5.41, 5.74) is 0. The molecule has 2 unspecified atom stereocenters. The van der Waals surface area contributed by atoms with Crippen LogP contribution in [0.5, 0.6) is 0 Å². The Hall–Kier alpha value is 1.05. The molecular formula is C4H11KO10Ti. The Morgan fingerprint density at radius 2 is 0.938 bits per heavy atom. The molecule has 0 aliphatic rings. The van der Waals surface area contributed by atoms with E-state index in [-0.39, 0.29) is 51.4 Å². The molecule has 0 heterocycles. The van der Waals surface area contributed by atoms with Crippen LogP contribution in [0.2, 0.25) is 0 Å². The first-order chi connectivity index (χ1) is 6.46. The van der Waals surface area contributed by atoms with Crippen molar-refractivity contribution in [3.05, 3.63) is 0 Å². The standard InChI is InChI=1S/C4H6O6.K.4H2O.Ti.H/c5-1(3(7)8)2(6)4(9)10;;;;;;;/h1-2,5-6H,(H,7,8)(H,9,10);;4*1H2;;/q;;;;;;+4;/p-4. The van der Waals surface area contributed by atoms with Crippen molar-refractivity contribution in [2.75, 3.05) is 0 Å². The fourth-order valence-electron chi connectivity index (χ4n) is 0.270. The van der Waals surface area contributed by atoms with Crippen molar-refractivity contribution in [2.24, 2.45) is 0 Å². The molecule has 0 saturated heterocycles. The summed E-state index contributed by atoms with van der Waals surface area (Å²) in [7, 11) is 0. The van der Waals surface area contributed by atoms with Gasteiger partial charge in [0.25, 0.3) is 0 Å². The predicted molar refractivity (Wildman–Crippen MR) is 43.3 cm³/mol. The summed E-state index contributed by atoms with van der Waals surface area (Å²) < 4.78 is 29.5. The van der Waals surface area contributed by atoms with Crippen molar-refractivity contribution < 1.29 is 62.9 Å². The molecule has 8 N–H and O–H groups in total. The van der Waals surface area contributed by atoms with Crippen LogP contribution in [0.15, 0.2) is 0 Å². The van der Waals surface area contributed by atoms with Crippen LogP contribution in [0.4, 0.5) is 0 Å². The summed E-state index contributed by atoms with van der Waals surface area (Å²) in [5.74, 6) is -3.54. The molecule has 12 heteroatoms. The van der Waals surface area contributed by atoms with Crippen LogP contribution in [-0.2, 0) is 27.7 Å². The molecule has 0 radical (unpaired) electrons. The van der Waals surface area contributed by atoms with Crippen LogP contribution in [0, 0.1) is 0 Å². The van der Waals surface area contributed by atoms with Crippen LogP contribution in [0.3, 0.4) is 0 Å². The second-order valence-corrected chi connectivity index (χ2v) is 4.04. The SMILES string of the molecule is O=C(O)C(O)C(O)C(=O)O.[KH].[OH][Ti]([OH])([OH])[OH]. The summed E-state index contributed by atoms with van der Waals surface area (Å²) in [5, 5.41) is 32.5. The minimum absolute atomic E-state index is 0. The minimum atomic E-state index is -5.00.